The van der Waals surface area contributed by atoms with Crippen molar-refractivity contribution in [1.29, 1.82) is 0 Å². The van der Waals surface area contributed by atoms with Crippen LogP contribution in [-0.4, -0.2) is 35.8 Å². The molecule has 122 valence electrons. The second kappa shape index (κ2) is 9.20. The molecule has 0 aliphatic heterocycles. The first-order chi connectivity index (χ1) is 10.5. The van der Waals surface area contributed by atoms with Gasteiger partial charge < -0.3 is 10.6 Å². The zero-order valence-corrected chi connectivity index (χ0v) is 14.0. The van der Waals surface area contributed by atoms with E-state index in [0.29, 0.717) is 6.54 Å². The Labute approximate surface area is 133 Å². The molecule has 2 amide bonds. The molecule has 0 bridgehead atoms. The fraction of sp³-hybridized carbons (Fsp3) is 0.529. The topological polar surface area (TPSA) is 61.4 Å². The van der Waals surface area contributed by atoms with E-state index < -0.39 is 6.04 Å². The molecule has 2 N–H and O–H groups in total. The molecular formula is C17H27N3O2. The number of nitrogens with one attached hydrogen (secondary N) is 2. The van der Waals surface area contributed by atoms with Gasteiger partial charge in [-0.25, -0.2) is 0 Å². The molecule has 0 heterocycles. The van der Waals surface area contributed by atoms with E-state index in [1.165, 1.54) is 12.5 Å². The molecule has 0 fully saturated rings. The van der Waals surface area contributed by atoms with Gasteiger partial charge in [-0.05, 0) is 31.1 Å². The number of carbonyl (C=O) groups excluding carboxylic acids is 2. The summed E-state index contributed by atoms with van der Waals surface area (Å²) >= 11 is 0. The van der Waals surface area contributed by atoms with E-state index in [0.717, 1.165) is 25.2 Å². The zero-order valence-electron chi connectivity index (χ0n) is 14.0. The fourth-order valence-electron chi connectivity index (χ4n) is 2.28. The maximum absolute atomic E-state index is 12.0. The molecule has 1 atom stereocenters. The number of rotatable bonds is 8. The van der Waals surface area contributed by atoms with E-state index in [2.05, 4.69) is 35.4 Å². The van der Waals surface area contributed by atoms with Gasteiger partial charge in [0.2, 0.25) is 11.8 Å². The lowest BCUT2D eigenvalue weighted by atomic mass is 10.1. The minimum absolute atomic E-state index is 0.173. The van der Waals surface area contributed by atoms with E-state index in [-0.39, 0.29) is 11.8 Å². The van der Waals surface area contributed by atoms with Gasteiger partial charge in [-0.2, -0.15) is 0 Å². The van der Waals surface area contributed by atoms with Crippen LogP contribution in [0.1, 0.15) is 38.8 Å². The average molecular weight is 305 g/mol. The Kier molecular flexibility index (Phi) is 7.60. The summed E-state index contributed by atoms with van der Waals surface area (Å²) in [5.41, 5.74) is 2.33. The van der Waals surface area contributed by atoms with E-state index in [9.17, 15) is 9.59 Å². The van der Waals surface area contributed by atoms with Crippen LogP contribution in [0.4, 0.5) is 0 Å². The molecule has 0 aromatic heterocycles. The highest BCUT2D eigenvalue weighted by Gasteiger charge is 2.14. The molecule has 1 rings (SSSR count). The summed E-state index contributed by atoms with van der Waals surface area (Å²) in [5.74, 6) is -0.377. The first-order valence-corrected chi connectivity index (χ1v) is 7.81. The number of carbonyl (C=O) groups is 2. The molecule has 0 aliphatic rings. The lowest BCUT2D eigenvalue weighted by Crippen LogP contribution is -2.43. The summed E-state index contributed by atoms with van der Waals surface area (Å²) in [4.78, 5) is 25.3. The first kappa shape index (κ1) is 18.2. The Hall–Kier alpha value is -1.88. The molecule has 0 spiro atoms. The van der Waals surface area contributed by atoms with E-state index in [1.54, 1.807) is 6.92 Å². The van der Waals surface area contributed by atoms with Crippen molar-refractivity contribution in [3.8, 4) is 0 Å². The Balaban J connectivity index is 2.66. The smallest absolute Gasteiger partial charge is 0.242 e. The monoisotopic (exact) mass is 305 g/mol. The Morgan fingerprint density at radius 2 is 1.73 bits per heavy atom. The van der Waals surface area contributed by atoms with Gasteiger partial charge in [-0.3, -0.25) is 14.5 Å². The number of benzene rings is 1. The van der Waals surface area contributed by atoms with Gasteiger partial charge in [0.25, 0.3) is 0 Å². The SMILES string of the molecule is CCN(CC)Cc1ccccc1CNC(=O)C(C)NC(C)=O. The quantitative estimate of drug-likeness (QED) is 0.768. The molecule has 5 heteroatoms. The third kappa shape index (κ3) is 5.85. The van der Waals surface area contributed by atoms with Gasteiger partial charge in [0.1, 0.15) is 6.04 Å². The van der Waals surface area contributed by atoms with Crippen LogP contribution < -0.4 is 10.6 Å². The molecular weight excluding hydrogens is 278 g/mol. The van der Waals surface area contributed by atoms with E-state index >= 15 is 0 Å². The summed E-state index contributed by atoms with van der Waals surface area (Å²) in [6.45, 7) is 10.7. The molecule has 0 aliphatic carbocycles. The molecule has 0 radical (unpaired) electrons. The molecule has 1 aromatic carbocycles. The van der Waals surface area contributed by atoms with Crippen molar-refractivity contribution < 1.29 is 9.59 Å². The van der Waals surface area contributed by atoms with E-state index in [4.69, 9.17) is 0 Å². The van der Waals surface area contributed by atoms with Crippen LogP contribution in [0.25, 0.3) is 0 Å². The predicted molar refractivity (Wildman–Crippen MR) is 88.2 cm³/mol. The lowest BCUT2D eigenvalue weighted by molar-refractivity contribution is -0.127. The maximum Gasteiger partial charge on any atom is 0.242 e. The molecule has 1 unspecified atom stereocenters. The third-order valence-corrected chi connectivity index (χ3v) is 3.67. The predicted octanol–water partition coefficient (Wildman–Crippen LogP) is 1.67. The molecule has 22 heavy (non-hydrogen) atoms. The Morgan fingerprint density at radius 1 is 1.14 bits per heavy atom. The highest BCUT2D eigenvalue weighted by atomic mass is 16.2. The highest BCUT2D eigenvalue weighted by Crippen LogP contribution is 2.11. The molecule has 0 saturated heterocycles. The van der Waals surface area contributed by atoms with Gasteiger partial charge >= 0.3 is 0 Å². The highest BCUT2D eigenvalue weighted by molar-refractivity contribution is 5.86. The van der Waals surface area contributed by atoms with Crippen molar-refractivity contribution in [3.05, 3.63) is 35.4 Å². The first-order valence-electron chi connectivity index (χ1n) is 7.81. The molecule has 5 nitrogen and oxygen atoms in total. The van der Waals surface area contributed by atoms with Crippen LogP contribution in [0.2, 0.25) is 0 Å². The standard InChI is InChI=1S/C17H27N3O2/c1-5-20(6-2)12-16-10-8-7-9-15(16)11-18-17(22)13(3)19-14(4)21/h7-10,13H,5-6,11-12H2,1-4H3,(H,18,22)(H,19,21). The van der Waals surface area contributed by atoms with Gasteiger partial charge in [0.15, 0.2) is 0 Å². The van der Waals surface area contributed by atoms with Crippen molar-refractivity contribution in [2.45, 2.75) is 46.8 Å². The molecule has 1 aromatic rings. The van der Waals surface area contributed by atoms with Crippen LogP contribution in [0.5, 0.6) is 0 Å². The summed E-state index contributed by atoms with van der Waals surface area (Å²) in [6, 6.07) is 7.60. The Morgan fingerprint density at radius 3 is 2.27 bits per heavy atom. The van der Waals surface area contributed by atoms with Crippen LogP contribution in [-0.2, 0) is 22.7 Å². The van der Waals surface area contributed by atoms with Crippen LogP contribution in [0.3, 0.4) is 0 Å². The second-order valence-electron chi connectivity index (χ2n) is 5.37. The minimum atomic E-state index is -0.521. The minimum Gasteiger partial charge on any atom is -0.350 e. The number of hydrogen-bond acceptors (Lipinski definition) is 3. The second-order valence-corrected chi connectivity index (χ2v) is 5.37. The molecule has 0 saturated carbocycles. The summed E-state index contributed by atoms with van der Waals surface area (Å²) in [6.07, 6.45) is 0. The van der Waals surface area contributed by atoms with Crippen molar-refractivity contribution in [2.75, 3.05) is 13.1 Å². The van der Waals surface area contributed by atoms with Crippen molar-refractivity contribution in [3.63, 3.8) is 0 Å². The van der Waals surface area contributed by atoms with E-state index in [1.807, 2.05) is 18.2 Å². The van der Waals surface area contributed by atoms with Crippen molar-refractivity contribution in [1.82, 2.24) is 15.5 Å². The fourth-order valence-corrected chi connectivity index (χ4v) is 2.28. The van der Waals surface area contributed by atoms with Crippen LogP contribution >= 0.6 is 0 Å². The van der Waals surface area contributed by atoms with Gasteiger partial charge in [-0.1, -0.05) is 38.1 Å². The average Bonchev–Trinajstić information content (AvgIpc) is 2.50. The van der Waals surface area contributed by atoms with Crippen LogP contribution in [0, 0.1) is 0 Å². The van der Waals surface area contributed by atoms with Crippen molar-refractivity contribution >= 4 is 11.8 Å². The van der Waals surface area contributed by atoms with Crippen molar-refractivity contribution in [2.24, 2.45) is 0 Å². The van der Waals surface area contributed by atoms with Gasteiger partial charge in [-0.15, -0.1) is 0 Å². The number of amides is 2. The largest absolute Gasteiger partial charge is 0.350 e. The van der Waals surface area contributed by atoms with Crippen LogP contribution in [0.15, 0.2) is 24.3 Å². The Bertz CT molecular complexity index is 498. The van der Waals surface area contributed by atoms with Gasteiger partial charge in [0.05, 0.1) is 0 Å². The summed E-state index contributed by atoms with van der Waals surface area (Å²) in [5, 5.41) is 5.47. The number of hydrogen-bond donors (Lipinski definition) is 2. The zero-order chi connectivity index (χ0) is 16.5. The number of nitrogens with zero attached hydrogens (tertiary/aromatic N) is 1. The third-order valence-electron chi connectivity index (χ3n) is 3.67. The lowest BCUT2D eigenvalue weighted by Gasteiger charge is -2.20. The van der Waals surface area contributed by atoms with Gasteiger partial charge in [0, 0.05) is 20.0 Å². The summed E-state index contributed by atoms with van der Waals surface area (Å²) in [7, 11) is 0. The summed E-state index contributed by atoms with van der Waals surface area (Å²) < 4.78 is 0. The maximum atomic E-state index is 12.0. The normalized spacial score (nSPS) is 12.0.